The molecule has 1 heterocycles. The minimum absolute atomic E-state index is 0.0295. The van der Waals surface area contributed by atoms with Crippen LogP contribution in [0.4, 0.5) is 11.4 Å². The molecular formula is C13H18ClN3O. The molecule has 0 bridgehead atoms. The van der Waals surface area contributed by atoms with E-state index in [1.165, 1.54) is 0 Å². The van der Waals surface area contributed by atoms with Crippen LogP contribution in [0.25, 0.3) is 0 Å². The summed E-state index contributed by atoms with van der Waals surface area (Å²) in [6, 6.07) is 5.07. The van der Waals surface area contributed by atoms with Crippen molar-refractivity contribution in [3.05, 3.63) is 23.2 Å². The molecule has 1 aliphatic heterocycles. The molecule has 1 amide bonds. The van der Waals surface area contributed by atoms with Crippen molar-refractivity contribution in [1.82, 2.24) is 4.90 Å². The monoisotopic (exact) mass is 267 g/mol. The number of benzene rings is 1. The van der Waals surface area contributed by atoms with E-state index in [4.69, 9.17) is 17.3 Å². The lowest BCUT2D eigenvalue weighted by Gasteiger charge is -2.15. The van der Waals surface area contributed by atoms with Gasteiger partial charge in [0.15, 0.2) is 0 Å². The lowest BCUT2D eigenvalue weighted by atomic mass is 10.2. The van der Waals surface area contributed by atoms with Crippen molar-refractivity contribution in [3.8, 4) is 0 Å². The van der Waals surface area contributed by atoms with Gasteiger partial charge in [-0.3, -0.25) is 9.69 Å². The van der Waals surface area contributed by atoms with Crippen molar-refractivity contribution >= 4 is 28.9 Å². The molecule has 1 aromatic carbocycles. The molecule has 0 aromatic heterocycles. The van der Waals surface area contributed by atoms with Crippen molar-refractivity contribution in [2.24, 2.45) is 5.92 Å². The molecular weight excluding hydrogens is 250 g/mol. The first-order chi connectivity index (χ1) is 8.54. The van der Waals surface area contributed by atoms with Crippen LogP contribution < -0.4 is 11.1 Å². The quantitative estimate of drug-likeness (QED) is 0.826. The summed E-state index contributed by atoms with van der Waals surface area (Å²) in [5, 5.41) is 3.38. The number of rotatable bonds is 3. The summed E-state index contributed by atoms with van der Waals surface area (Å²) >= 11 is 5.81. The molecule has 98 valence electrons. The van der Waals surface area contributed by atoms with Crippen LogP contribution in [-0.4, -0.2) is 30.4 Å². The number of halogens is 1. The van der Waals surface area contributed by atoms with Gasteiger partial charge in [-0.15, -0.1) is 0 Å². The van der Waals surface area contributed by atoms with Gasteiger partial charge in [-0.2, -0.15) is 0 Å². The molecule has 18 heavy (non-hydrogen) atoms. The van der Waals surface area contributed by atoms with E-state index in [1.807, 2.05) is 0 Å². The van der Waals surface area contributed by atoms with Crippen molar-refractivity contribution < 1.29 is 4.79 Å². The van der Waals surface area contributed by atoms with E-state index in [0.717, 1.165) is 19.5 Å². The predicted molar refractivity (Wildman–Crippen MR) is 74.7 cm³/mol. The molecule has 2 rings (SSSR count). The molecule has 3 N–H and O–H groups in total. The van der Waals surface area contributed by atoms with Crippen LogP contribution >= 0.6 is 11.6 Å². The molecule has 4 nitrogen and oxygen atoms in total. The van der Waals surface area contributed by atoms with Gasteiger partial charge >= 0.3 is 0 Å². The van der Waals surface area contributed by atoms with Crippen LogP contribution in [0, 0.1) is 5.92 Å². The van der Waals surface area contributed by atoms with Crippen LogP contribution in [0.3, 0.4) is 0 Å². The van der Waals surface area contributed by atoms with Gasteiger partial charge < -0.3 is 11.1 Å². The van der Waals surface area contributed by atoms with E-state index in [1.54, 1.807) is 18.2 Å². The smallest absolute Gasteiger partial charge is 0.238 e. The number of hydrogen-bond acceptors (Lipinski definition) is 3. The number of nitrogens with zero attached hydrogens (tertiary/aromatic N) is 1. The number of carbonyl (C=O) groups is 1. The molecule has 1 unspecified atom stereocenters. The van der Waals surface area contributed by atoms with E-state index in [2.05, 4.69) is 17.1 Å². The molecule has 1 atom stereocenters. The second kappa shape index (κ2) is 5.59. The van der Waals surface area contributed by atoms with Gasteiger partial charge in [0.1, 0.15) is 0 Å². The fourth-order valence-electron chi connectivity index (χ4n) is 2.21. The molecule has 5 heteroatoms. The number of nitrogens with two attached hydrogens (primary N) is 1. The summed E-state index contributed by atoms with van der Waals surface area (Å²) in [5.41, 5.74) is 6.90. The third-order valence-electron chi connectivity index (χ3n) is 3.16. The van der Waals surface area contributed by atoms with E-state index in [0.29, 0.717) is 28.9 Å². The highest BCUT2D eigenvalue weighted by molar-refractivity contribution is 6.31. The Morgan fingerprint density at radius 1 is 1.61 bits per heavy atom. The van der Waals surface area contributed by atoms with Crippen molar-refractivity contribution in [3.63, 3.8) is 0 Å². The topological polar surface area (TPSA) is 58.4 Å². The van der Waals surface area contributed by atoms with Crippen LogP contribution in [0.1, 0.15) is 13.3 Å². The Labute approximate surface area is 112 Å². The summed E-state index contributed by atoms with van der Waals surface area (Å²) in [4.78, 5) is 14.0. The Balaban J connectivity index is 1.91. The Morgan fingerprint density at radius 2 is 2.39 bits per heavy atom. The Kier molecular flexibility index (Phi) is 4.09. The van der Waals surface area contributed by atoms with Gasteiger partial charge in [0.25, 0.3) is 0 Å². The predicted octanol–water partition coefficient (Wildman–Crippen LogP) is 2.20. The minimum Gasteiger partial charge on any atom is -0.397 e. The Bertz CT molecular complexity index is 450. The van der Waals surface area contributed by atoms with Gasteiger partial charge in [0, 0.05) is 11.6 Å². The molecule has 1 saturated heterocycles. The van der Waals surface area contributed by atoms with E-state index in [-0.39, 0.29) is 5.91 Å². The molecule has 0 radical (unpaired) electrons. The maximum atomic E-state index is 11.9. The first-order valence-electron chi connectivity index (χ1n) is 6.12. The number of likely N-dealkylation sites (tertiary alicyclic amines) is 1. The molecule has 1 aliphatic rings. The van der Waals surface area contributed by atoms with Gasteiger partial charge in [-0.1, -0.05) is 18.5 Å². The number of nitrogen functional groups attached to an aromatic ring is 1. The second-order valence-electron chi connectivity index (χ2n) is 4.91. The summed E-state index contributed by atoms with van der Waals surface area (Å²) in [5.74, 6) is 0.650. The lowest BCUT2D eigenvalue weighted by Crippen LogP contribution is -2.31. The molecule has 0 aliphatic carbocycles. The maximum Gasteiger partial charge on any atom is 0.238 e. The minimum atomic E-state index is -0.0295. The second-order valence-corrected chi connectivity index (χ2v) is 5.35. The first kappa shape index (κ1) is 13.2. The van der Waals surface area contributed by atoms with Gasteiger partial charge in [0.2, 0.25) is 5.91 Å². The maximum absolute atomic E-state index is 11.9. The first-order valence-corrected chi connectivity index (χ1v) is 6.49. The van der Waals surface area contributed by atoms with E-state index >= 15 is 0 Å². The summed E-state index contributed by atoms with van der Waals surface area (Å²) < 4.78 is 0. The van der Waals surface area contributed by atoms with Crippen LogP contribution in [-0.2, 0) is 4.79 Å². The Hall–Kier alpha value is -1.26. The van der Waals surface area contributed by atoms with Gasteiger partial charge in [-0.25, -0.2) is 0 Å². The summed E-state index contributed by atoms with van der Waals surface area (Å²) in [6.07, 6.45) is 1.16. The zero-order valence-electron chi connectivity index (χ0n) is 10.4. The number of anilines is 2. The van der Waals surface area contributed by atoms with Gasteiger partial charge in [0.05, 0.1) is 17.9 Å². The van der Waals surface area contributed by atoms with Crippen LogP contribution in [0.5, 0.6) is 0 Å². The average molecular weight is 268 g/mol. The van der Waals surface area contributed by atoms with Crippen molar-refractivity contribution in [1.29, 1.82) is 0 Å². The number of amides is 1. The van der Waals surface area contributed by atoms with E-state index in [9.17, 15) is 4.79 Å². The third-order valence-corrected chi connectivity index (χ3v) is 3.40. The molecule has 0 saturated carbocycles. The number of carbonyl (C=O) groups excluding carboxylic acids is 1. The fraction of sp³-hybridized carbons (Fsp3) is 0.462. The Morgan fingerprint density at radius 3 is 3.00 bits per heavy atom. The van der Waals surface area contributed by atoms with Crippen LogP contribution in [0.2, 0.25) is 5.02 Å². The van der Waals surface area contributed by atoms with Gasteiger partial charge in [-0.05, 0) is 37.1 Å². The molecule has 1 aromatic rings. The number of hydrogen-bond donors (Lipinski definition) is 2. The summed E-state index contributed by atoms with van der Waals surface area (Å²) in [6.45, 7) is 4.61. The highest BCUT2D eigenvalue weighted by Gasteiger charge is 2.20. The van der Waals surface area contributed by atoms with Crippen molar-refractivity contribution in [2.45, 2.75) is 13.3 Å². The molecule has 1 fully saturated rings. The third kappa shape index (κ3) is 3.37. The van der Waals surface area contributed by atoms with E-state index < -0.39 is 0 Å². The SMILES string of the molecule is CC1CCN(CC(=O)Nc2ccc(Cl)cc2N)C1. The zero-order valence-corrected chi connectivity index (χ0v) is 11.2. The number of nitrogens with one attached hydrogen (secondary N) is 1. The largest absolute Gasteiger partial charge is 0.397 e. The average Bonchev–Trinajstić information content (AvgIpc) is 2.68. The highest BCUT2D eigenvalue weighted by atomic mass is 35.5. The normalized spacial score (nSPS) is 20.0. The van der Waals surface area contributed by atoms with Crippen LogP contribution in [0.15, 0.2) is 18.2 Å². The van der Waals surface area contributed by atoms with Crippen molar-refractivity contribution in [2.75, 3.05) is 30.7 Å². The standard InChI is InChI=1S/C13H18ClN3O/c1-9-4-5-17(7-9)8-13(18)16-12-3-2-10(14)6-11(12)15/h2-3,6,9H,4-5,7-8,15H2,1H3,(H,16,18). The highest BCUT2D eigenvalue weighted by Crippen LogP contribution is 2.22. The summed E-state index contributed by atoms with van der Waals surface area (Å²) in [7, 11) is 0. The lowest BCUT2D eigenvalue weighted by molar-refractivity contribution is -0.117. The fourth-order valence-corrected chi connectivity index (χ4v) is 2.39. The zero-order chi connectivity index (χ0) is 13.1. The molecule has 0 spiro atoms.